The number of hydrogen-bond donors (Lipinski definition) is 2. The topological polar surface area (TPSA) is 114 Å². The quantitative estimate of drug-likeness (QED) is 0.674. The van der Waals surface area contributed by atoms with Crippen LogP contribution >= 0.6 is 0 Å². The largest absolute Gasteiger partial charge is 0.479 e. The first kappa shape index (κ1) is 17.2. The van der Waals surface area contributed by atoms with Crippen molar-refractivity contribution in [2.75, 3.05) is 0 Å². The minimum Gasteiger partial charge on any atom is -0.479 e. The van der Waals surface area contributed by atoms with E-state index in [9.17, 15) is 14.4 Å². The van der Waals surface area contributed by atoms with Crippen molar-refractivity contribution in [2.45, 2.75) is 13.0 Å². The van der Waals surface area contributed by atoms with Crippen LogP contribution in [0.15, 0.2) is 63.2 Å². The molecule has 26 heavy (non-hydrogen) atoms. The zero-order valence-corrected chi connectivity index (χ0v) is 13.7. The number of aliphatic carboxylic acids is 1. The lowest BCUT2D eigenvalue weighted by Gasteiger charge is -2.12. The van der Waals surface area contributed by atoms with Crippen molar-refractivity contribution in [1.29, 1.82) is 0 Å². The third kappa shape index (κ3) is 3.39. The molecule has 1 unspecified atom stereocenters. The van der Waals surface area contributed by atoms with Crippen molar-refractivity contribution in [2.24, 2.45) is 5.10 Å². The molecule has 1 heterocycles. The van der Waals surface area contributed by atoms with Crippen LogP contribution in [0.2, 0.25) is 0 Å². The van der Waals surface area contributed by atoms with E-state index in [0.717, 1.165) is 0 Å². The molecule has 132 valence electrons. The van der Waals surface area contributed by atoms with Crippen LogP contribution in [0.25, 0.3) is 10.9 Å². The van der Waals surface area contributed by atoms with Gasteiger partial charge in [-0.25, -0.2) is 9.59 Å². The second-order valence-corrected chi connectivity index (χ2v) is 5.47. The first-order chi connectivity index (χ1) is 12.5. The molecule has 8 heteroatoms. The van der Waals surface area contributed by atoms with Gasteiger partial charge < -0.3 is 14.8 Å². The summed E-state index contributed by atoms with van der Waals surface area (Å²) in [6.07, 6.45) is 0.214. The first-order valence-electron chi connectivity index (χ1n) is 7.74. The number of aromatic nitrogens is 2. The number of fused-ring (bicyclic) bond motifs is 1. The monoisotopic (exact) mass is 353 g/mol. The summed E-state index contributed by atoms with van der Waals surface area (Å²) in [5.41, 5.74) is -0.381. The second-order valence-electron chi connectivity index (χ2n) is 5.47. The summed E-state index contributed by atoms with van der Waals surface area (Å²) >= 11 is 0. The van der Waals surface area contributed by atoms with Gasteiger partial charge >= 0.3 is 11.7 Å². The molecule has 3 rings (SSSR count). The molecule has 0 aliphatic carbocycles. The van der Waals surface area contributed by atoms with Gasteiger partial charge in [0.2, 0.25) is 0 Å². The van der Waals surface area contributed by atoms with Crippen LogP contribution in [0.3, 0.4) is 0 Å². The summed E-state index contributed by atoms with van der Waals surface area (Å²) in [5, 5.41) is 13.2. The number of aromatic amines is 1. The fraction of sp³-hybridized carbons (Fsp3) is 0.111. The Balaban J connectivity index is 2.02. The minimum atomic E-state index is -1.11. The third-order valence-electron chi connectivity index (χ3n) is 3.67. The number of nitrogens with zero attached hydrogens (tertiary/aromatic N) is 2. The Hall–Kier alpha value is -3.68. The molecule has 2 N–H and O–H groups in total. The lowest BCUT2D eigenvalue weighted by Crippen LogP contribution is -2.32. The number of nitrogens with one attached hydrogen (secondary N) is 1. The maximum absolute atomic E-state index is 12.4. The molecule has 0 saturated carbocycles. The lowest BCUT2D eigenvalue weighted by molar-refractivity contribution is -0.144. The molecule has 8 nitrogen and oxygen atoms in total. The van der Waals surface area contributed by atoms with Crippen molar-refractivity contribution in [3.8, 4) is 5.75 Å². The average molecular weight is 353 g/mol. The Bertz CT molecular complexity index is 1110. The molecule has 0 aliphatic heterocycles. The van der Waals surface area contributed by atoms with Crippen molar-refractivity contribution in [3.05, 3.63) is 74.9 Å². The number of ether oxygens (including phenoxy) is 1. The summed E-state index contributed by atoms with van der Waals surface area (Å²) in [6, 6.07) is 13.2. The van der Waals surface area contributed by atoms with Gasteiger partial charge in [0, 0.05) is 5.56 Å². The summed E-state index contributed by atoms with van der Waals surface area (Å²) in [4.78, 5) is 38.1. The Kier molecular flexibility index (Phi) is 4.66. The number of H-pyrrole nitrogens is 1. The second kappa shape index (κ2) is 7.06. The van der Waals surface area contributed by atoms with Crippen LogP contribution in [-0.2, 0) is 4.79 Å². The van der Waals surface area contributed by atoms with Crippen LogP contribution in [0.1, 0.15) is 12.5 Å². The average Bonchev–Trinajstić information content (AvgIpc) is 2.62. The Morgan fingerprint density at radius 3 is 2.65 bits per heavy atom. The van der Waals surface area contributed by atoms with E-state index in [1.165, 1.54) is 13.1 Å². The summed E-state index contributed by atoms with van der Waals surface area (Å²) in [7, 11) is 0. The van der Waals surface area contributed by atoms with Crippen LogP contribution in [0, 0.1) is 0 Å². The van der Waals surface area contributed by atoms with E-state index in [-0.39, 0.29) is 5.75 Å². The maximum Gasteiger partial charge on any atom is 0.349 e. The number of benzene rings is 2. The minimum absolute atomic E-state index is 0.274. The van der Waals surface area contributed by atoms with Gasteiger partial charge in [-0.05, 0) is 31.2 Å². The Morgan fingerprint density at radius 2 is 1.88 bits per heavy atom. The van der Waals surface area contributed by atoms with Gasteiger partial charge in [0.15, 0.2) is 6.10 Å². The van der Waals surface area contributed by atoms with Crippen molar-refractivity contribution >= 4 is 23.1 Å². The molecular formula is C18H15N3O5. The predicted octanol–water partition coefficient (Wildman–Crippen LogP) is 1.42. The smallest absolute Gasteiger partial charge is 0.349 e. The number of para-hydroxylation sites is 2. The first-order valence-corrected chi connectivity index (χ1v) is 7.74. The summed E-state index contributed by atoms with van der Waals surface area (Å²) in [5.74, 6) is -0.838. The van der Waals surface area contributed by atoms with Gasteiger partial charge in [-0.2, -0.15) is 5.10 Å². The van der Waals surface area contributed by atoms with Crippen molar-refractivity contribution in [3.63, 3.8) is 0 Å². The Morgan fingerprint density at radius 1 is 1.19 bits per heavy atom. The number of rotatable bonds is 5. The van der Waals surface area contributed by atoms with Gasteiger partial charge in [-0.1, -0.05) is 24.3 Å². The van der Waals surface area contributed by atoms with Crippen molar-refractivity contribution in [1.82, 2.24) is 9.66 Å². The third-order valence-corrected chi connectivity index (χ3v) is 3.67. The van der Waals surface area contributed by atoms with E-state index in [4.69, 9.17) is 9.84 Å². The summed E-state index contributed by atoms with van der Waals surface area (Å²) < 4.78 is 6.07. The van der Waals surface area contributed by atoms with Gasteiger partial charge in [-0.3, -0.25) is 4.79 Å². The normalized spacial score (nSPS) is 12.3. The van der Waals surface area contributed by atoms with E-state index < -0.39 is 23.3 Å². The molecule has 0 aliphatic rings. The van der Waals surface area contributed by atoms with Gasteiger partial charge in [0.05, 0.1) is 17.1 Å². The molecule has 0 saturated heterocycles. The zero-order chi connectivity index (χ0) is 18.7. The highest BCUT2D eigenvalue weighted by Gasteiger charge is 2.14. The molecule has 0 spiro atoms. The van der Waals surface area contributed by atoms with E-state index >= 15 is 0 Å². The number of carboxylic acid groups (broad SMARTS) is 1. The summed E-state index contributed by atoms with van der Waals surface area (Å²) in [6.45, 7) is 1.40. The standard InChI is InChI=1S/C18H15N3O5/c1-11(17(23)24)26-15-9-5-2-6-12(15)10-19-21-16(22)13-7-3-4-8-14(13)20-18(21)25/h2-11H,1H3,(H,20,25)(H,23,24). The highest BCUT2D eigenvalue weighted by molar-refractivity contribution is 5.84. The molecule has 1 aromatic heterocycles. The SMILES string of the molecule is CC(Oc1ccccc1C=Nn1c(=O)[nH]c2ccccc2c1=O)C(=O)O. The maximum atomic E-state index is 12.4. The highest BCUT2D eigenvalue weighted by Crippen LogP contribution is 2.17. The van der Waals surface area contributed by atoms with Crippen LogP contribution < -0.4 is 16.0 Å². The lowest BCUT2D eigenvalue weighted by atomic mass is 10.2. The van der Waals surface area contributed by atoms with Gasteiger partial charge in [0.25, 0.3) is 5.56 Å². The molecule has 2 aromatic carbocycles. The number of carbonyl (C=O) groups is 1. The molecule has 3 aromatic rings. The molecule has 0 radical (unpaired) electrons. The van der Waals surface area contributed by atoms with E-state index in [1.807, 2.05) is 0 Å². The molecule has 0 amide bonds. The van der Waals surface area contributed by atoms with E-state index in [0.29, 0.717) is 21.1 Å². The van der Waals surface area contributed by atoms with E-state index in [2.05, 4.69) is 10.1 Å². The molecule has 1 atom stereocenters. The van der Waals surface area contributed by atoms with Crippen molar-refractivity contribution < 1.29 is 14.6 Å². The van der Waals surface area contributed by atoms with Crippen LogP contribution in [-0.4, -0.2) is 33.1 Å². The van der Waals surface area contributed by atoms with Crippen LogP contribution in [0.4, 0.5) is 0 Å². The fourth-order valence-corrected chi connectivity index (χ4v) is 2.31. The number of hydrogen-bond acceptors (Lipinski definition) is 5. The van der Waals surface area contributed by atoms with Crippen LogP contribution in [0.5, 0.6) is 5.75 Å². The zero-order valence-electron chi connectivity index (χ0n) is 13.7. The van der Waals surface area contributed by atoms with E-state index in [1.54, 1.807) is 48.5 Å². The fourth-order valence-electron chi connectivity index (χ4n) is 2.31. The van der Waals surface area contributed by atoms with Gasteiger partial charge in [-0.15, -0.1) is 4.68 Å². The molecule has 0 fully saturated rings. The Labute approximate surface area is 147 Å². The predicted molar refractivity (Wildman–Crippen MR) is 96.0 cm³/mol. The molecular weight excluding hydrogens is 338 g/mol. The molecule has 0 bridgehead atoms. The van der Waals surface area contributed by atoms with Gasteiger partial charge in [0.1, 0.15) is 5.75 Å². The highest BCUT2D eigenvalue weighted by atomic mass is 16.5. The number of carboxylic acids is 1.